The van der Waals surface area contributed by atoms with Crippen LogP contribution in [0.4, 0.5) is 4.39 Å². The highest BCUT2D eigenvalue weighted by Crippen LogP contribution is 2.26. The molecule has 1 amide bonds. The fourth-order valence-corrected chi connectivity index (χ4v) is 3.16. The van der Waals surface area contributed by atoms with Crippen molar-refractivity contribution in [3.05, 3.63) is 77.1 Å². The fourth-order valence-electron chi connectivity index (χ4n) is 2.91. The summed E-state index contributed by atoms with van der Waals surface area (Å²) in [6, 6.07) is 11.9. The van der Waals surface area contributed by atoms with Gasteiger partial charge in [0.1, 0.15) is 11.5 Å². The first-order chi connectivity index (χ1) is 12.8. The van der Waals surface area contributed by atoms with Crippen molar-refractivity contribution < 1.29 is 9.18 Å². The second kappa shape index (κ2) is 7.92. The highest BCUT2D eigenvalue weighted by molar-refractivity contribution is 6.31. The third-order valence-corrected chi connectivity index (χ3v) is 4.51. The number of rotatable bonds is 5. The van der Waals surface area contributed by atoms with Crippen molar-refractivity contribution in [3.63, 3.8) is 0 Å². The number of halogens is 2. The first kappa shape index (κ1) is 19.1. The van der Waals surface area contributed by atoms with E-state index in [1.807, 2.05) is 39.1 Å². The minimum atomic E-state index is -0.284. The quantitative estimate of drug-likeness (QED) is 0.624. The normalized spacial score (nSPS) is 11.0. The van der Waals surface area contributed by atoms with E-state index in [9.17, 15) is 9.18 Å². The van der Waals surface area contributed by atoms with Crippen molar-refractivity contribution in [2.45, 2.75) is 26.4 Å². The number of aromatic nitrogens is 2. The van der Waals surface area contributed by atoms with Crippen molar-refractivity contribution >= 4 is 17.5 Å². The summed E-state index contributed by atoms with van der Waals surface area (Å²) in [7, 11) is 1.83. The molecule has 27 heavy (non-hydrogen) atoms. The summed E-state index contributed by atoms with van der Waals surface area (Å²) in [6.45, 7) is 4.33. The Kier molecular flexibility index (Phi) is 5.61. The van der Waals surface area contributed by atoms with Gasteiger partial charge in [-0.25, -0.2) is 9.37 Å². The molecule has 3 rings (SSSR count). The molecule has 0 saturated heterocycles. The van der Waals surface area contributed by atoms with Gasteiger partial charge in [0.15, 0.2) is 0 Å². The molecular weight excluding hydrogens is 365 g/mol. The Balaban J connectivity index is 1.90. The molecule has 0 bridgehead atoms. The van der Waals surface area contributed by atoms with Crippen LogP contribution in [0.15, 0.2) is 55.0 Å². The minimum Gasteiger partial charge on any atom is -0.340 e. The summed E-state index contributed by atoms with van der Waals surface area (Å²) in [5, 5.41) is 0.570. The third-order valence-electron chi connectivity index (χ3n) is 4.30. The third kappa shape index (κ3) is 4.55. The van der Waals surface area contributed by atoms with Crippen molar-refractivity contribution in [1.82, 2.24) is 14.5 Å². The number of amides is 1. The maximum absolute atomic E-state index is 13.2. The van der Waals surface area contributed by atoms with E-state index in [-0.39, 0.29) is 17.8 Å². The molecule has 0 aliphatic carbocycles. The van der Waals surface area contributed by atoms with Gasteiger partial charge in [-0.2, -0.15) is 0 Å². The predicted molar refractivity (Wildman–Crippen MR) is 105 cm³/mol. The zero-order valence-electron chi connectivity index (χ0n) is 15.5. The SMILES string of the molecule is CC(C)N(Cc1cc(Cl)cc(-c2ccc(F)cc2)c1)C(=O)c1cn(C)cn1. The van der Waals surface area contributed by atoms with E-state index in [1.165, 1.54) is 12.1 Å². The fraction of sp³-hybridized carbons (Fsp3) is 0.238. The van der Waals surface area contributed by atoms with Gasteiger partial charge in [0.05, 0.1) is 6.33 Å². The van der Waals surface area contributed by atoms with E-state index >= 15 is 0 Å². The topological polar surface area (TPSA) is 38.1 Å². The summed E-state index contributed by atoms with van der Waals surface area (Å²) in [6.07, 6.45) is 3.32. The Bertz CT molecular complexity index is 950. The maximum Gasteiger partial charge on any atom is 0.274 e. The van der Waals surface area contributed by atoms with Gasteiger partial charge in [-0.15, -0.1) is 0 Å². The standard InChI is InChI=1S/C21H21ClFN3O/c1-14(2)26(21(27)20-12-25(3)13-24-20)11-15-8-17(10-18(22)9-15)16-4-6-19(23)7-5-16/h4-10,12-14H,11H2,1-3H3. The number of aryl methyl sites for hydroxylation is 1. The van der Waals surface area contributed by atoms with Gasteiger partial charge in [-0.1, -0.05) is 23.7 Å². The molecule has 0 spiro atoms. The second-order valence-corrected chi connectivity index (χ2v) is 7.24. The second-order valence-electron chi connectivity index (χ2n) is 6.81. The van der Waals surface area contributed by atoms with Crippen LogP contribution in [0, 0.1) is 5.82 Å². The molecule has 0 N–H and O–H groups in total. The molecule has 0 aliphatic heterocycles. The number of nitrogens with zero attached hydrogens (tertiary/aromatic N) is 3. The van der Waals surface area contributed by atoms with Crippen LogP contribution in [0.5, 0.6) is 0 Å². The van der Waals surface area contributed by atoms with Crippen LogP contribution < -0.4 is 0 Å². The van der Waals surface area contributed by atoms with E-state index < -0.39 is 0 Å². The average molecular weight is 386 g/mol. The van der Waals surface area contributed by atoms with Gasteiger partial charge < -0.3 is 9.47 Å². The van der Waals surface area contributed by atoms with Crippen LogP contribution in [0.2, 0.25) is 5.02 Å². The summed E-state index contributed by atoms with van der Waals surface area (Å²) in [4.78, 5) is 18.8. The molecule has 6 heteroatoms. The van der Waals surface area contributed by atoms with Crippen LogP contribution in [0.25, 0.3) is 11.1 Å². The minimum absolute atomic E-state index is 0.00670. The lowest BCUT2D eigenvalue weighted by atomic mass is 10.0. The molecule has 140 valence electrons. The summed E-state index contributed by atoms with van der Waals surface area (Å²) >= 11 is 6.30. The van der Waals surface area contributed by atoms with Gasteiger partial charge in [-0.3, -0.25) is 4.79 Å². The monoisotopic (exact) mass is 385 g/mol. The van der Waals surface area contributed by atoms with Gasteiger partial charge in [0.25, 0.3) is 5.91 Å². The van der Waals surface area contributed by atoms with Crippen LogP contribution in [-0.4, -0.2) is 26.4 Å². The maximum atomic E-state index is 13.2. The van der Waals surface area contributed by atoms with E-state index in [0.717, 1.165) is 16.7 Å². The molecular formula is C21H21ClFN3O. The average Bonchev–Trinajstić information content (AvgIpc) is 3.05. The predicted octanol–water partition coefficient (Wildman–Crippen LogP) is 4.93. The molecule has 0 atom stereocenters. The summed E-state index contributed by atoms with van der Waals surface area (Å²) < 4.78 is 14.9. The van der Waals surface area contributed by atoms with Gasteiger partial charge in [0, 0.05) is 30.9 Å². The molecule has 3 aromatic rings. The molecule has 1 aromatic heterocycles. The number of carbonyl (C=O) groups excluding carboxylic acids is 1. The smallest absolute Gasteiger partial charge is 0.274 e. The molecule has 1 heterocycles. The highest BCUT2D eigenvalue weighted by atomic mass is 35.5. The number of carbonyl (C=O) groups is 1. The van der Waals surface area contributed by atoms with Crippen molar-refractivity contribution in [1.29, 1.82) is 0 Å². The van der Waals surface area contributed by atoms with Crippen molar-refractivity contribution in [2.75, 3.05) is 0 Å². The Morgan fingerprint density at radius 3 is 2.48 bits per heavy atom. The van der Waals surface area contributed by atoms with E-state index in [1.54, 1.807) is 34.1 Å². The Hall–Kier alpha value is -2.66. The molecule has 0 aliphatic rings. The molecule has 4 nitrogen and oxygen atoms in total. The lowest BCUT2D eigenvalue weighted by molar-refractivity contribution is 0.0684. The lowest BCUT2D eigenvalue weighted by Gasteiger charge is -2.26. The largest absolute Gasteiger partial charge is 0.340 e. The number of hydrogen-bond acceptors (Lipinski definition) is 2. The molecule has 0 radical (unpaired) electrons. The summed E-state index contributed by atoms with van der Waals surface area (Å²) in [5.41, 5.74) is 3.06. The highest BCUT2D eigenvalue weighted by Gasteiger charge is 2.21. The van der Waals surface area contributed by atoms with Crippen LogP contribution in [-0.2, 0) is 13.6 Å². The van der Waals surface area contributed by atoms with Gasteiger partial charge in [0.2, 0.25) is 0 Å². The summed E-state index contributed by atoms with van der Waals surface area (Å²) in [5.74, 6) is -0.415. The zero-order valence-corrected chi connectivity index (χ0v) is 16.2. The number of imidazole rings is 1. The van der Waals surface area contributed by atoms with Crippen LogP contribution in [0.1, 0.15) is 29.9 Å². The molecule has 0 unspecified atom stereocenters. The van der Waals surface area contributed by atoms with E-state index in [2.05, 4.69) is 4.98 Å². The van der Waals surface area contributed by atoms with Crippen LogP contribution in [0.3, 0.4) is 0 Å². The Morgan fingerprint density at radius 1 is 1.19 bits per heavy atom. The molecule has 0 fully saturated rings. The first-order valence-electron chi connectivity index (χ1n) is 8.68. The van der Waals surface area contributed by atoms with Crippen LogP contribution >= 0.6 is 11.6 Å². The Labute approximate surface area is 163 Å². The van der Waals surface area contributed by atoms with Gasteiger partial charge in [-0.05, 0) is 60.9 Å². The van der Waals surface area contributed by atoms with E-state index in [4.69, 9.17) is 11.6 Å². The lowest BCUT2D eigenvalue weighted by Crippen LogP contribution is -2.36. The van der Waals surface area contributed by atoms with Crippen molar-refractivity contribution in [2.24, 2.45) is 7.05 Å². The molecule has 0 saturated carbocycles. The van der Waals surface area contributed by atoms with Gasteiger partial charge >= 0.3 is 0 Å². The van der Waals surface area contributed by atoms with Crippen molar-refractivity contribution in [3.8, 4) is 11.1 Å². The first-order valence-corrected chi connectivity index (χ1v) is 9.05. The number of hydrogen-bond donors (Lipinski definition) is 0. The molecule has 2 aromatic carbocycles. The Morgan fingerprint density at radius 2 is 1.89 bits per heavy atom. The zero-order chi connectivity index (χ0) is 19.6. The number of benzene rings is 2. The van der Waals surface area contributed by atoms with E-state index in [0.29, 0.717) is 17.3 Å².